The molecule has 0 spiro atoms. The standard InChI is InChI=1S/C21H23Br2N3O5/c1-3-7-30-17-6-5-13(9-18(17)29-4-2)21(28)26-25-11-14-8-15(22)10-16(23)20(14)31-12-19(24)27/h5-6,8-11H,3-4,7,12H2,1-2H3,(H2,24,27)(H,26,28)/b25-11+. The lowest BCUT2D eigenvalue weighted by molar-refractivity contribution is -0.119. The van der Waals surface area contributed by atoms with E-state index >= 15 is 0 Å². The lowest BCUT2D eigenvalue weighted by Crippen LogP contribution is -2.21. The fourth-order valence-corrected chi connectivity index (χ4v) is 3.82. The summed E-state index contributed by atoms with van der Waals surface area (Å²) < 4.78 is 18.0. The molecule has 2 aromatic carbocycles. The number of nitrogens with two attached hydrogens (primary N) is 1. The van der Waals surface area contributed by atoms with Gasteiger partial charge in [-0.1, -0.05) is 22.9 Å². The van der Waals surface area contributed by atoms with Crippen molar-refractivity contribution in [2.45, 2.75) is 20.3 Å². The van der Waals surface area contributed by atoms with Crippen LogP contribution in [-0.4, -0.2) is 37.8 Å². The third kappa shape index (κ3) is 7.55. The molecule has 166 valence electrons. The topological polar surface area (TPSA) is 112 Å². The van der Waals surface area contributed by atoms with Crippen molar-refractivity contribution in [3.63, 3.8) is 0 Å². The van der Waals surface area contributed by atoms with Gasteiger partial charge in [-0.25, -0.2) is 5.43 Å². The summed E-state index contributed by atoms with van der Waals surface area (Å²) in [6.07, 6.45) is 2.27. The first-order valence-electron chi connectivity index (χ1n) is 9.48. The predicted octanol–water partition coefficient (Wildman–Crippen LogP) is 4.03. The molecule has 31 heavy (non-hydrogen) atoms. The number of halogens is 2. The Hall–Kier alpha value is -2.59. The minimum absolute atomic E-state index is 0.292. The number of primary amides is 1. The maximum absolute atomic E-state index is 12.5. The van der Waals surface area contributed by atoms with E-state index in [9.17, 15) is 9.59 Å². The van der Waals surface area contributed by atoms with Gasteiger partial charge in [-0.05, 0) is 59.6 Å². The van der Waals surface area contributed by atoms with Gasteiger partial charge in [0.1, 0.15) is 5.75 Å². The molecule has 0 aliphatic rings. The third-order valence-corrected chi connectivity index (χ3v) is 4.78. The summed E-state index contributed by atoms with van der Waals surface area (Å²) in [7, 11) is 0. The average Bonchev–Trinajstić information content (AvgIpc) is 2.72. The molecule has 10 heteroatoms. The number of nitrogens with one attached hydrogen (secondary N) is 1. The van der Waals surface area contributed by atoms with E-state index in [2.05, 4.69) is 42.4 Å². The molecule has 2 amide bonds. The van der Waals surface area contributed by atoms with E-state index in [0.29, 0.717) is 46.1 Å². The van der Waals surface area contributed by atoms with Crippen molar-refractivity contribution in [3.8, 4) is 17.2 Å². The lowest BCUT2D eigenvalue weighted by atomic mass is 10.2. The molecule has 0 saturated heterocycles. The number of hydrazone groups is 1. The fourth-order valence-electron chi connectivity index (χ4n) is 2.45. The minimum atomic E-state index is -0.609. The molecular formula is C21H23Br2N3O5. The number of nitrogens with zero attached hydrogens (tertiary/aromatic N) is 1. The van der Waals surface area contributed by atoms with Crippen LogP contribution in [0.15, 0.2) is 44.4 Å². The normalized spacial score (nSPS) is 10.7. The van der Waals surface area contributed by atoms with Gasteiger partial charge in [0, 0.05) is 15.6 Å². The van der Waals surface area contributed by atoms with Crippen LogP contribution in [0.25, 0.3) is 0 Å². The van der Waals surface area contributed by atoms with E-state index in [1.807, 2.05) is 13.8 Å². The SMILES string of the molecule is CCCOc1ccc(C(=O)N/N=C/c2cc(Br)cc(Br)c2OCC(N)=O)cc1OCC. The van der Waals surface area contributed by atoms with Crippen molar-refractivity contribution < 1.29 is 23.8 Å². The van der Waals surface area contributed by atoms with Crippen molar-refractivity contribution in [2.75, 3.05) is 19.8 Å². The highest BCUT2D eigenvalue weighted by molar-refractivity contribution is 9.11. The van der Waals surface area contributed by atoms with Crippen LogP contribution in [0.5, 0.6) is 17.2 Å². The maximum Gasteiger partial charge on any atom is 0.271 e. The van der Waals surface area contributed by atoms with Gasteiger partial charge in [-0.3, -0.25) is 9.59 Å². The molecule has 0 saturated carbocycles. The van der Waals surface area contributed by atoms with Gasteiger partial charge < -0.3 is 19.9 Å². The number of amides is 2. The average molecular weight is 557 g/mol. The molecule has 0 fully saturated rings. The van der Waals surface area contributed by atoms with Gasteiger partial charge in [0.15, 0.2) is 18.1 Å². The van der Waals surface area contributed by atoms with Crippen LogP contribution in [0.2, 0.25) is 0 Å². The van der Waals surface area contributed by atoms with Crippen LogP contribution >= 0.6 is 31.9 Å². The smallest absolute Gasteiger partial charge is 0.271 e. The Kier molecular flexibility index (Phi) is 9.80. The van der Waals surface area contributed by atoms with Gasteiger partial charge in [0.05, 0.1) is 23.9 Å². The number of ether oxygens (including phenoxy) is 3. The predicted molar refractivity (Wildman–Crippen MR) is 125 cm³/mol. The zero-order valence-electron chi connectivity index (χ0n) is 17.1. The highest BCUT2D eigenvalue weighted by atomic mass is 79.9. The van der Waals surface area contributed by atoms with Gasteiger partial charge >= 0.3 is 0 Å². The second-order valence-electron chi connectivity index (χ2n) is 6.20. The molecule has 0 atom stereocenters. The molecule has 8 nitrogen and oxygen atoms in total. The second kappa shape index (κ2) is 12.3. The quantitative estimate of drug-likeness (QED) is 0.320. The summed E-state index contributed by atoms with van der Waals surface area (Å²) >= 11 is 6.75. The Bertz CT molecular complexity index is 966. The van der Waals surface area contributed by atoms with Crippen molar-refractivity contribution in [3.05, 3.63) is 50.4 Å². The molecule has 2 rings (SSSR count). The summed E-state index contributed by atoms with van der Waals surface area (Å²) in [4.78, 5) is 23.6. The molecule has 0 unspecified atom stereocenters. The molecule has 0 aromatic heterocycles. The molecule has 0 heterocycles. The van der Waals surface area contributed by atoms with Crippen molar-refractivity contribution in [1.82, 2.24) is 5.43 Å². The van der Waals surface area contributed by atoms with Gasteiger partial charge in [0.2, 0.25) is 0 Å². The zero-order valence-corrected chi connectivity index (χ0v) is 20.3. The van der Waals surface area contributed by atoms with Gasteiger partial charge in [0.25, 0.3) is 11.8 Å². The maximum atomic E-state index is 12.5. The summed E-state index contributed by atoms with van der Waals surface area (Å²) in [5.41, 5.74) is 8.51. The molecule has 0 bridgehead atoms. The highest BCUT2D eigenvalue weighted by Gasteiger charge is 2.13. The van der Waals surface area contributed by atoms with E-state index in [4.69, 9.17) is 19.9 Å². The molecule has 0 aliphatic carbocycles. The molecule has 2 aromatic rings. The first kappa shape index (κ1) is 24.7. The van der Waals surface area contributed by atoms with Crippen LogP contribution in [0, 0.1) is 0 Å². The van der Waals surface area contributed by atoms with Crippen LogP contribution < -0.4 is 25.4 Å². The van der Waals surface area contributed by atoms with Gasteiger partial charge in [-0.2, -0.15) is 5.10 Å². The van der Waals surface area contributed by atoms with E-state index in [0.717, 1.165) is 10.9 Å². The number of benzene rings is 2. The molecule has 0 radical (unpaired) electrons. The monoisotopic (exact) mass is 555 g/mol. The van der Waals surface area contributed by atoms with E-state index < -0.39 is 11.8 Å². The molecule has 0 aliphatic heterocycles. The number of carbonyl (C=O) groups is 2. The third-order valence-electron chi connectivity index (χ3n) is 3.73. The Balaban J connectivity index is 2.16. The number of hydrogen-bond acceptors (Lipinski definition) is 6. The second-order valence-corrected chi connectivity index (χ2v) is 7.97. The number of hydrogen-bond donors (Lipinski definition) is 2. The summed E-state index contributed by atoms with van der Waals surface area (Å²) in [6.45, 7) is 4.57. The summed E-state index contributed by atoms with van der Waals surface area (Å²) in [5.74, 6) is 0.413. The Labute approximate surface area is 197 Å². The van der Waals surface area contributed by atoms with E-state index in [-0.39, 0.29) is 6.61 Å². The fraction of sp³-hybridized carbons (Fsp3) is 0.286. The summed E-state index contributed by atoms with van der Waals surface area (Å²) in [6, 6.07) is 8.42. The first-order chi connectivity index (χ1) is 14.8. The Morgan fingerprint density at radius 1 is 1.10 bits per heavy atom. The van der Waals surface area contributed by atoms with E-state index in [1.54, 1.807) is 30.3 Å². The molecule has 3 N–H and O–H groups in total. The summed E-state index contributed by atoms with van der Waals surface area (Å²) in [5, 5.41) is 4.00. The first-order valence-corrected chi connectivity index (χ1v) is 11.1. The Morgan fingerprint density at radius 2 is 1.87 bits per heavy atom. The van der Waals surface area contributed by atoms with Gasteiger partial charge in [-0.15, -0.1) is 0 Å². The van der Waals surface area contributed by atoms with Crippen LogP contribution in [0.3, 0.4) is 0 Å². The number of carbonyl (C=O) groups excluding carboxylic acids is 2. The largest absolute Gasteiger partial charge is 0.490 e. The van der Waals surface area contributed by atoms with Crippen LogP contribution in [0.1, 0.15) is 36.2 Å². The lowest BCUT2D eigenvalue weighted by Gasteiger charge is -2.12. The van der Waals surface area contributed by atoms with Crippen molar-refractivity contribution in [1.29, 1.82) is 0 Å². The number of rotatable bonds is 11. The molecular weight excluding hydrogens is 534 g/mol. The zero-order chi connectivity index (χ0) is 22.8. The van der Waals surface area contributed by atoms with Crippen molar-refractivity contribution in [2.24, 2.45) is 10.8 Å². The van der Waals surface area contributed by atoms with Crippen molar-refractivity contribution >= 4 is 49.9 Å². The van der Waals surface area contributed by atoms with Crippen LogP contribution in [0.4, 0.5) is 0 Å². The minimum Gasteiger partial charge on any atom is -0.490 e. The Morgan fingerprint density at radius 3 is 2.55 bits per heavy atom. The highest BCUT2D eigenvalue weighted by Crippen LogP contribution is 2.32. The van der Waals surface area contributed by atoms with E-state index in [1.165, 1.54) is 6.21 Å². The van der Waals surface area contributed by atoms with Crippen LogP contribution in [-0.2, 0) is 4.79 Å².